The van der Waals surface area contributed by atoms with E-state index in [2.05, 4.69) is 15.5 Å². The predicted octanol–water partition coefficient (Wildman–Crippen LogP) is 3.22. The smallest absolute Gasteiger partial charge is 0.247 e. The van der Waals surface area contributed by atoms with Crippen LogP contribution >= 0.6 is 0 Å². The number of benzene rings is 2. The van der Waals surface area contributed by atoms with Crippen LogP contribution in [0.5, 0.6) is 11.5 Å². The second-order valence-corrected chi connectivity index (χ2v) is 4.93. The summed E-state index contributed by atoms with van der Waals surface area (Å²) in [5, 5.41) is 11.1. The first-order valence-corrected chi connectivity index (χ1v) is 7.00. The summed E-state index contributed by atoms with van der Waals surface area (Å²) in [6.45, 7) is 0.608. The molecule has 1 aliphatic rings. The third kappa shape index (κ3) is 2.80. The summed E-state index contributed by atoms with van der Waals surface area (Å²) in [6.07, 6.45) is 0. The number of rotatable bonds is 4. The minimum atomic E-state index is -0.307. The highest BCUT2D eigenvalue weighted by Crippen LogP contribution is 2.34. The van der Waals surface area contributed by atoms with Crippen LogP contribution in [0, 0.1) is 5.82 Å². The van der Waals surface area contributed by atoms with E-state index in [1.54, 1.807) is 12.1 Å². The topological polar surface area (TPSA) is 69.4 Å². The van der Waals surface area contributed by atoms with E-state index in [0.29, 0.717) is 29.6 Å². The maximum Gasteiger partial charge on any atom is 0.247 e. The molecule has 1 aromatic heterocycles. The van der Waals surface area contributed by atoms with Crippen molar-refractivity contribution in [1.82, 2.24) is 10.2 Å². The average molecular weight is 313 g/mol. The Morgan fingerprint density at radius 1 is 1.00 bits per heavy atom. The monoisotopic (exact) mass is 313 g/mol. The fraction of sp³-hybridized carbons (Fsp3) is 0.125. The minimum absolute atomic E-state index is 0.240. The molecule has 2 heterocycles. The van der Waals surface area contributed by atoms with Crippen molar-refractivity contribution >= 4 is 5.69 Å². The molecule has 116 valence electrons. The average Bonchev–Trinajstić information content (AvgIpc) is 3.22. The van der Waals surface area contributed by atoms with Gasteiger partial charge in [0.05, 0.1) is 6.54 Å². The molecule has 23 heavy (non-hydrogen) atoms. The van der Waals surface area contributed by atoms with Crippen LogP contribution in [0.3, 0.4) is 0 Å². The summed E-state index contributed by atoms with van der Waals surface area (Å²) in [6, 6.07) is 11.5. The standard InChI is InChI=1S/C16H12FN3O3/c17-11-3-1-10(2-4-11)16-20-19-15(23-16)8-18-12-5-6-13-14(7-12)22-9-21-13/h1-7,18H,8-9H2. The van der Waals surface area contributed by atoms with Gasteiger partial charge in [-0.05, 0) is 36.4 Å². The molecule has 7 heteroatoms. The summed E-state index contributed by atoms with van der Waals surface area (Å²) in [4.78, 5) is 0. The SMILES string of the molecule is Fc1ccc(-c2nnc(CNc3ccc4c(c3)OCO4)o2)cc1. The number of nitrogens with zero attached hydrogens (tertiary/aromatic N) is 2. The molecule has 4 rings (SSSR count). The lowest BCUT2D eigenvalue weighted by Gasteiger charge is -2.04. The first-order chi connectivity index (χ1) is 11.3. The van der Waals surface area contributed by atoms with Crippen molar-refractivity contribution in [2.75, 3.05) is 12.1 Å². The van der Waals surface area contributed by atoms with Gasteiger partial charge in [-0.1, -0.05) is 0 Å². The van der Waals surface area contributed by atoms with Gasteiger partial charge in [0, 0.05) is 17.3 Å². The number of hydrogen-bond acceptors (Lipinski definition) is 6. The second kappa shape index (κ2) is 5.60. The van der Waals surface area contributed by atoms with Gasteiger partial charge in [-0.25, -0.2) is 4.39 Å². The molecule has 0 radical (unpaired) electrons. The molecule has 3 aromatic rings. The Kier molecular flexibility index (Phi) is 3.30. The molecule has 0 aliphatic carbocycles. The summed E-state index contributed by atoms with van der Waals surface area (Å²) in [5.74, 6) is 1.91. The van der Waals surface area contributed by atoms with Crippen LogP contribution in [-0.4, -0.2) is 17.0 Å². The molecule has 0 saturated carbocycles. The van der Waals surface area contributed by atoms with E-state index in [4.69, 9.17) is 13.9 Å². The number of aromatic nitrogens is 2. The lowest BCUT2D eigenvalue weighted by Crippen LogP contribution is -1.99. The molecule has 0 spiro atoms. The molecule has 0 amide bonds. The first kappa shape index (κ1) is 13.6. The summed E-state index contributed by atoms with van der Waals surface area (Å²) < 4.78 is 29.1. The van der Waals surface area contributed by atoms with Gasteiger partial charge in [0.1, 0.15) is 5.82 Å². The molecule has 0 saturated heterocycles. The van der Waals surface area contributed by atoms with Crippen LogP contribution in [-0.2, 0) is 6.54 Å². The molecule has 1 N–H and O–H groups in total. The lowest BCUT2D eigenvalue weighted by molar-refractivity contribution is 0.174. The van der Waals surface area contributed by atoms with Gasteiger partial charge in [0.15, 0.2) is 11.5 Å². The third-order valence-electron chi connectivity index (χ3n) is 3.37. The summed E-state index contributed by atoms with van der Waals surface area (Å²) >= 11 is 0. The second-order valence-electron chi connectivity index (χ2n) is 4.93. The number of fused-ring (bicyclic) bond motifs is 1. The van der Waals surface area contributed by atoms with Gasteiger partial charge in [-0.2, -0.15) is 0 Å². The maximum atomic E-state index is 12.9. The van der Waals surface area contributed by atoms with Crippen molar-refractivity contribution in [3.8, 4) is 23.0 Å². The largest absolute Gasteiger partial charge is 0.454 e. The molecule has 0 unspecified atom stereocenters. The zero-order valence-corrected chi connectivity index (χ0v) is 12.0. The van der Waals surface area contributed by atoms with Gasteiger partial charge >= 0.3 is 0 Å². The van der Waals surface area contributed by atoms with Crippen LogP contribution in [0.25, 0.3) is 11.5 Å². The predicted molar refractivity (Wildman–Crippen MR) is 79.6 cm³/mol. The highest BCUT2D eigenvalue weighted by molar-refractivity contribution is 5.55. The Morgan fingerprint density at radius 3 is 2.70 bits per heavy atom. The molecule has 0 fully saturated rings. The van der Waals surface area contributed by atoms with Crippen LogP contribution in [0.15, 0.2) is 46.9 Å². The van der Waals surface area contributed by atoms with E-state index in [-0.39, 0.29) is 12.6 Å². The van der Waals surface area contributed by atoms with Gasteiger partial charge in [-0.3, -0.25) is 0 Å². The van der Waals surface area contributed by atoms with E-state index < -0.39 is 0 Å². The summed E-state index contributed by atoms with van der Waals surface area (Å²) in [5.41, 5.74) is 1.53. The number of halogens is 1. The van der Waals surface area contributed by atoms with Crippen molar-refractivity contribution in [2.45, 2.75) is 6.54 Å². The number of nitrogens with one attached hydrogen (secondary N) is 1. The number of ether oxygens (including phenoxy) is 2. The zero-order valence-electron chi connectivity index (χ0n) is 12.0. The molecular weight excluding hydrogens is 301 g/mol. The van der Waals surface area contributed by atoms with Gasteiger partial charge in [0.2, 0.25) is 18.6 Å². The van der Waals surface area contributed by atoms with Gasteiger partial charge in [-0.15, -0.1) is 10.2 Å². The minimum Gasteiger partial charge on any atom is -0.454 e. The van der Waals surface area contributed by atoms with E-state index in [0.717, 1.165) is 11.4 Å². The number of hydrogen-bond donors (Lipinski definition) is 1. The van der Waals surface area contributed by atoms with Crippen molar-refractivity contribution < 1.29 is 18.3 Å². The Hall–Kier alpha value is -3.09. The highest BCUT2D eigenvalue weighted by atomic mass is 19.1. The molecule has 6 nitrogen and oxygen atoms in total. The highest BCUT2D eigenvalue weighted by Gasteiger charge is 2.14. The van der Waals surface area contributed by atoms with Crippen molar-refractivity contribution in [3.05, 3.63) is 54.2 Å². The first-order valence-electron chi connectivity index (χ1n) is 7.00. The Labute approximate surface area is 130 Å². The van der Waals surface area contributed by atoms with Crippen LogP contribution in [0.2, 0.25) is 0 Å². The van der Waals surface area contributed by atoms with E-state index in [9.17, 15) is 4.39 Å². The number of anilines is 1. The van der Waals surface area contributed by atoms with E-state index in [1.165, 1.54) is 12.1 Å². The fourth-order valence-electron chi connectivity index (χ4n) is 2.22. The van der Waals surface area contributed by atoms with Crippen molar-refractivity contribution in [3.63, 3.8) is 0 Å². The van der Waals surface area contributed by atoms with Crippen LogP contribution in [0.1, 0.15) is 5.89 Å². The van der Waals surface area contributed by atoms with Crippen LogP contribution < -0.4 is 14.8 Å². The van der Waals surface area contributed by atoms with E-state index in [1.807, 2.05) is 18.2 Å². The van der Waals surface area contributed by atoms with E-state index >= 15 is 0 Å². The molecular formula is C16H12FN3O3. The van der Waals surface area contributed by atoms with Crippen LogP contribution in [0.4, 0.5) is 10.1 Å². The summed E-state index contributed by atoms with van der Waals surface area (Å²) in [7, 11) is 0. The Bertz CT molecular complexity index is 833. The van der Waals surface area contributed by atoms with Gasteiger partial charge < -0.3 is 19.2 Å². The maximum absolute atomic E-state index is 12.9. The fourth-order valence-corrected chi connectivity index (χ4v) is 2.22. The quantitative estimate of drug-likeness (QED) is 0.797. The zero-order chi connectivity index (χ0) is 15.6. The Balaban J connectivity index is 1.44. The molecule has 2 aromatic carbocycles. The lowest BCUT2D eigenvalue weighted by atomic mass is 10.2. The van der Waals surface area contributed by atoms with Crippen molar-refractivity contribution in [2.24, 2.45) is 0 Å². The molecule has 0 bridgehead atoms. The molecule has 1 aliphatic heterocycles. The normalized spacial score (nSPS) is 12.4. The van der Waals surface area contributed by atoms with Crippen molar-refractivity contribution in [1.29, 1.82) is 0 Å². The Morgan fingerprint density at radius 2 is 1.83 bits per heavy atom. The third-order valence-corrected chi connectivity index (χ3v) is 3.37. The van der Waals surface area contributed by atoms with Gasteiger partial charge in [0.25, 0.3) is 0 Å². The molecule has 0 atom stereocenters.